The van der Waals surface area contributed by atoms with Gasteiger partial charge in [0, 0.05) is 30.7 Å². The minimum Gasteiger partial charge on any atom is -0.482 e. The summed E-state index contributed by atoms with van der Waals surface area (Å²) in [6.07, 6.45) is 0.920. The summed E-state index contributed by atoms with van der Waals surface area (Å²) in [6.45, 7) is 9.06. The molecule has 8 heteroatoms. The van der Waals surface area contributed by atoms with E-state index in [1.165, 1.54) is 4.90 Å². The van der Waals surface area contributed by atoms with E-state index in [0.717, 1.165) is 35.2 Å². The van der Waals surface area contributed by atoms with Crippen LogP contribution in [0.2, 0.25) is 5.02 Å². The van der Waals surface area contributed by atoms with Crippen molar-refractivity contribution in [1.82, 2.24) is 9.80 Å². The molecule has 3 aromatic rings. The standard InChI is InChI=1S/C32H36ClN3O4/c1-6-15-35(7-2)32(39)24-13-11-23(12-14-24)26-10-8-9-25(17-26)22(4)34(5)30(37)19-36-28-18-27(33)21(3)16-29(28)40-20-31(36)38/h8-14,16-18,22H,6-7,15,19-20H2,1-5H3. The number of carbonyl (C=O) groups excluding carboxylic acids is 3. The summed E-state index contributed by atoms with van der Waals surface area (Å²) in [5.41, 5.74) is 4.95. The third-order valence-electron chi connectivity index (χ3n) is 7.45. The maximum atomic E-state index is 13.3. The number of halogens is 1. The van der Waals surface area contributed by atoms with Gasteiger partial charge in [-0.3, -0.25) is 19.3 Å². The Hall–Kier alpha value is -3.84. The van der Waals surface area contributed by atoms with E-state index in [4.69, 9.17) is 16.3 Å². The number of hydrogen-bond acceptors (Lipinski definition) is 4. The second-order valence-electron chi connectivity index (χ2n) is 10.1. The highest BCUT2D eigenvalue weighted by atomic mass is 35.5. The predicted molar refractivity (Wildman–Crippen MR) is 159 cm³/mol. The first kappa shape index (κ1) is 29.2. The average Bonchev–Trinajstić information content (AvgIpc) is 2.97. The van der Waals surface area contributed by atoms with Crippen LogP contribution in [0.5, 0.6) is 5.75 Å². The highest BCUT2D eigenvalue weighted by Crippen LogP contribution is 2.37. The summed E-state index contributed by atoms with van der Waals surface area (Å²) in [6, 6.07) is 18.9. The Kier molecular flexibility index (Phi) is 9.15. The number of carbonyl (C=O) groups is 3. The maximum Gasteiger partial charge on any atom is 0.265 e. The molecular formula is C32H36ClN3O4. The fraction of sp³-hybridized carbons (Fsp3) is 0.344. The second-order valence-corrected chi connectivity index (χ2v) is 10.5. The predicted octanol–water partition coefficient (Wildman–Crippen LogP) is 6.13. The number of nitrogens with zero attached hydrogens (tertiary/aromatic N) is 3. The monoisotopic (exact) mass is 561 g/mol. The number of fused-ring (bicyclic) bond motifs is 1. The molecule has 1 aliphatic heterocycles. The summed E-state index contributed by atoms with van der Waals surface area (Å²) < 4.78 is 5.57. The molecule has 7 nitrogen and oxygen atoms in total. The Balaban J connectivity index is 1.49. The molecule has 1 aliphatic rings. The van der Waals surface area contributed by atoms with Crippen LogP contribution < -0.4 is 9.64 Å². The molecule has 0 N–H and O–H groups in total. The van der Waals surface area contributed by atoms with Gasteiger partial charge in [0.15, 0.2) is 6.61 Å². The Morgan fingerprint density at radius 2 is 1.77 bits per heavy atom. The van der Waals surface area contributed by atoms with Gasteiger partial charge in [0.1, 0.15) is 12.3 Å². The Morgan fingerprint density at radius 3 is 2.45 bits per heavy atom. The topological polar surface area (TPSA) is 70.2 Å². The minimum atomic E-state index is -0.289. The lowest BCUT2D eigenvalue weighted by atomic mass is 9.98. The van der Waals surface area contributed by atoms with Crippen molar-refractivity contribution in [2.75, 3.05) is 38.2 Å². The van der Waals surface area contributed by atoms with Gasteiger partial charge in [-0.1, -0.05) is 48.9 Å². The first-order chi connectivity index (χ1) is 19.1. The van der Waals surface area contributed by atoms with Gasteiger partial charge in [-0.15, -0.1) is 0 Å². The molecule has 1 atom stereocenters. The molecule has 0 aliphatic carbocycles. The third-order valence-corrected chi connectivity index (χ3v) is 7.85. The number of anilines is 1. The number of likely N-dealkylation sites (N-methyl/N-ethyl adjacent to an activating group) is 1. The average molecular weight is 562 g/mol. The zero-order valence-corrected chi connectivity index (χ0v) is 24.5. The lowest BCUT2D eigenvalue weighted by molar-refractivity contribution is -0.132. The lowest BCUT2D eigenvalue weighted by Gasteiger charge is -2.32. The lowest BCUT2D eigenvalue weighted by Crippen LogP contribution is -2.46. The van der Waals surface area contributed by atoms with Gasteiger partial charge in [-0.2, -0.15) is 0 Å². The van der Waals surface area contributed by atoms with E-state index < -0.39 is 0 Å². The molecule has 0 saturated carbocycles. The van der Waals surface area contributed by atoms with E-state index in [0.29, 0.717) is 28.6 Å². The van der Waals surface area contributed by atoms with Gasteiger partial charge < -0.3 is 14.5 Å². The molecule has 0 spiro atoms. The van der Waals surface area contributed by atoms with Crippen LogP contribution >= 0.6 is 11.6 Å². The van der Waals surface area contributed by atoms with Crippen molar-refractivity contribution in [2.24, 2.45) is 0 Å². The Morgan fingerprint density at radius 1 is 1.05 bits per heavy atom. The minimum absolute atomic E-state index is 0.0391. The van der Waals surface area contributed by atoms with Crippen molar-refractivity contribution < 1.29 is 19.1 Å². The van der Waals surface area contributed by atoms with Gasteiger partial charge in [0.25, 0.3) is 11.8 Å². The third kappa shape index (κ3) is 6.15. The molecule has 0 fully saturated rings. The molecule has 210 valence electrons. The molecule has 40 heavy (non-hydrogen) atoms. The quantitative estimate of drug-likeness (QED) is 0.315. The Labute approximate surface area is 241 Å². The van der Waals surface area contributed by atoms with E-state index in [-0.39, 0.29) is 36.9 Å². The molecule has 3 amide bonds. The summed E-state index contributed by atoms with van der Waals surface area (Å²) in [7, 11) is 1.74. The first-order valence-electron chi connectivity index (χ1n) is 13.6. The zero-order chi connectivity index (χ0) is 29.0. The molecule has 4 rings (SSSR count). The molecule has 0 aromatic heterocycles. The van der Waals surface area contributed by atoms with Crippen molar-refractivity contribution in [2.45, 2.75) is 40.2 Å². The van der Waals surface area contributed by atoms with Crippen LogP contribution in [0.3, 0.4) is 0 Å². The van der Waals surface area contributed by atoms with Crippen LogP contribution in [0.1, 0.15) is 54.7 Å². The molecule has 1 heterocycles. The van der Waals surface area contributed by atoms with Crippen LogP contribution in [0.4, 0.5) is 5.69 Å². The number of hydrogen-bond donors (Lipinski definition) is 0. The molecule has 0 bridgehead atoms. The van der Waals surface area contributed by atoms with E-state index in [9.17, 15) is 14.4 Å². The van der Waals surface area contributed by atoms with Crippen molar-refractivity contribution in [3.63, 3.8) is 0 Å². The van der Waals surface area contributed by atoms with Crippen molar-refractivity contribution in [1.29, 1.82) is 0 Å². The highest BCUT2D eigenvalue weighted by molar-refractivity contribution is 6.31. The van der Waals surface area contributed by atoms with Crippen LogP contribution in [-0.2, 0) is 9.59 Å². The summed E-state index contributed by atoms with van der Waals surface area (Å²) >= 11 is 6.30. The van der Waals surface area contributed by atoms with Gasteiger partial charge in [-0.25, -0.2) is 0 Å². The second kappa shape index (κ2) is 12.6. The number of amides is 3. The largest absolute Gasteiger partial charge is 0.482 e. The molecular weight excluding hydrogens is 526 g/mol. The SMILES string of the molecule is CCCN(CC)C(=O)c1ccc(-c2cccc(C(C)N(C)C(=O)CN3C(=O)COc4cc(C)c(Cl)cc43)c2)cc1. The number of benzene rings is 3. The van der Waals surface area contributed by atoms with Gasteiger partial charge in [0.05, 0.1) is 11.7 Å². The molecule has 1 unspecified atom stereocenters. The molecule has 0 radical (unpaired) electrons. The maximum absolute atomic E-state index is 13.3. The van der Waals surface area contributed by atoms with E-state index >= 15 is 0 Å². The van der Waals surface area contributed by atoms with E-state index in [2.05, 4.69) is 13.0 Å². The number of ether oxygens (including phenoxy) is 1. The fourth-order valence-corrected chi connectivity index (χ4v) is 4.98. The van der Waals surface area contributed by atoms with E-state index in [1.807, 2.05) is 68.1 Å². The normalized spacial score (nSPS) is 13.3. The Bertz CT molecular complexity index is 1410. The summed E-state index contributed by atoms with van der Waals surface area (Å²) in [4.78, 5) is 43.8. The van der Waals surface area contributed by atoms with Crippen LogP contribution in [0.15, 0.2) is 60.7 Å². The van der Waals surface area contributed by atoms with E-state index in [1.54, 1.807) is 24.1 Å². The van der Waals surface area contributed by atoms with Crippen molar-refractivity contribution in [3.8, 4) is 16.9 Å². The zero-order valence-electron chi connectivity index (χ0n) is 23.7. The van der Waals surface area contributed by atoms with Crippen molar-refractivity contribution in [3.05, 3.63) is 82.4 Å². The smallest absolute Gasteiger partial charge is 0.265 e. The van der Waals surface area contributed by atoms with Crippen LogP contribution in [-0.4, -0.2) is 60.8 Å². The molecule has 0 saturated heterocycles. The summed E-state index contributed by atoms with van der Waals surface area (Å²) in [5.74, 6) is 0.0871. The van der Waals surface area contributed by atoms with Gasteiger partial charge in [0.2, 0.25) is 5.91 Å². The van der Waals surface area contributed by atoms with Gasteiger partial charge in [-0.05, 0) is 79.8 Å². The first-order valence-corrected chi connectivity index (χ1v) is 14.0. The fourth-order valence-electron chi connectivity index (χ4n) is 4.82. The highest BCUT2D eigenvalue weighted by Gasteiger charge is 2.30. The number of rotatable bonds is 9. The van der Waals surface area contributed by atoms with Crippen LogP contribution in [0.25, 0.3) is 11.1 Å². The van der Waals surface area contributed by atoms with Crippen LogP contribution in [0, 0.1) is 6.92 Å². The summed E-state index contributed by atoms with van der Waals surface area (Å²) in [5, 5.41) is 0.508. The van der Waals surface area contributed by atoms with Gasteiger partial charge >= 0.3 is 0 Å². The molecule has 3 aromatic carbocycles. The number of aryl methyl sites for hydroxylation is 1. The van der Waals surface area contributed by atoms with Crippen molar-refractivity contribution >= 4 is 35.0 Å².